The van der Waals surface area contributed by atoms with Crippen LogP contribution in [0.4, 0.5) is 23.7 Å². The standard InChI is InChI=1S/C22H20F3IN4O5S/c23-22(24,25)36(34,35)16-6-4-15(5-7-16)30-20(32)18(26)29(21(30)33)13-14-8-9-27-17(12-14)19(31)28-10-2-1-3-11-28/h4-9,12,18H,1-3,10-11,13H2. The Bertz CT molecular complexity index is 1300. The van der Waals surface area contributed by atoms with E-state index in [4.69, 9.17) is 0 Å². The molecule has 0 saturated carbocycles. The van der Waals surface area contributed by atoms with E-state index in [0.717, 1.165) is 36.3 Å². The first kappa shape index (κ1) is 26.3. The van der Waals surface area contributed by atoms with Gasteiger partial charge in [-0.25, -0.2) is 18.1 Å². The Balaban J connectivity index is 1.53. The molecule has 0 radical (unpaired) electrons. The average Bonchev–Trinajstić information content (AvgIpc) is 3.06. The molecule has 2 aliphatic rings. The van der Waals surface area contributed by atoms with Crippen molar-refractivity contribution < 1.29 is 36.0 Å². The second kappa shape index (κ2) is 9.95. The Hall–Kier alpha value is -2.75. The predicted octanol–water partition coefficient (Wildman–Crippen LogP) is 3.73. The Morgan fingerprint density at radius 1 is 1.06 bits per heavy atom. The number of likely N-dealkylation sites (tertiary alicyclic amines) is 1. The molecule has 9 nitrogen and oxygen atoms in total. The molecule has 14 heteroatoms. The third-order valence-electron chi connectivity index (χ3n) is 5.88. The molecule has 0 spiro atoms. The summed E-state index contributed by atoms with van der Waals surface area (Å²) < 4.78 is 60.6. The van der Waals surface area contributed by atoms with Crippen molar-refractivity contribution in [2.24, 2.45) is 0 Å². The number of sulfone groups is 1. The number of pyridine rings is 1. The molecule has 0 aliphatic carbocycles. The number of hydrogen-bond donors (Lipinski definition) is 0. The van der Waals surface area contributed by atoms with Gasteiger partial charge in [-0.05, 0) is 83.8 Å². The number of urea groups is 1. The Kier molecular flexibility index (Phi) is 7.28. The zero-order valence-corrected chi connectivity index (χ0v) is 21.6. The zero-order chi connectivity index (χ0) is 26.3. The summed E-state index contributed by atoms with van der Waals surface area (Å²) in [6.07, 6.45) is 4.36. The number of aromatic nitrogens is 1. The summed E-state index contributed by atoms with van der Waals surface area (Å²) in [4.78, 5) is 45.6. The largest absolute Gasteiger partial charge is 0.501 e. The second-order valence-electron chi connectivity index (χ2n) is 8.27. The van der Waals surface area contributed by atoms with Crippen LogP contribution in [0.1, 0.15) is 35.3 Å². The fraction of sp³-hybridized carbons (Fsp3) is 0.364. The van der Waals surface area contributed by atoms with Crippen LogP contribution in [0.15, 0.2) is 47.5 Å². The number of carbonyl (C=O) groups excluding carboxylic acids is 3. The molecule has 4 amide bonds. The maximum Gasteiger partial charge on any atom is 0.501 e. The SMILES string of the molecule is O=C(c1cc(CN2C(=O)N(c3ccc(S(=O)(=O)C(F)(F)F)cc3)C(=O)C2I)ccn1)N1CCCCC1. The smallest absolute Gasteiger partial charge is 0.337 e. The molecule has 3 heterocycles. The van der Waals surface area contributed by atoms with Crippen LogP contribution in [0.25, 0.3) is 0 Å². The summed E-state index contributed by atoms with van der Waals surface area (Å²) in [5, 5.41) is 0. The lowest BCUT2D eigenvalue weighted by Crippen LogP contribution is -2.36. The Morgan fingerprint density at radius 3 is 2.31 bits per heavy atom. The van der Waals surface area contributed by atoms with E-state index in [9.17, 15) is 36.0 Å². The minimum Gasteiger partial charge on any atom is -0.337 e. The van der Waals surface area contributed by atoms with Crippen molar-refractivity contribution in [2.45, 2.75) is 40.3 Å². The van der Waals surface area contributed by atoms with Crippen LogP contribution in [-0.2, 0) is 21.2 Å². The highest BCUT2D eigenvalue weighted by molar-refractivity contribution is 14.1. The van der Waals surface area contributed by atoms with Crippen molar-refractivity contribution in [1.29, 1.82) is 0 Å². The zero-order valence-electron chi connectivity index (χ0n) is 18.6. The Morgan fingerprint density at radius 2 is 1.69 bits per heavy atom. The molecular weight excluding hydrogens is 616 g/mol. The quantitative estimate of drug-likeness (QED) is 0.214. The predicted molar refractivity (Wildman–Crippen MR) is 130 cm³/mol. The van der Waals surface area contributed by atoms with E-state index < -0.39 is 36.2 Å². The fourth-order valence-corrected chi connectivity index (χ4v) is 5.47. The van der Waals surface area contributed by atoms with Crippen molar-refractivity contribution in [3.63, 3.8) is 0 Å². The summed E-state index contributed by atoms with van der Waals surface area (Å²) in [5.41, 5.74) is -4.74. The number of halogens is 4. The van der Waals surface area contributed by atoms with Gasteiger partial charge in [-0.15, -0.1) is 0 Å². The minimum absolute atomic E-state index is 0.0159. The highest BCUT2D eigenvalue weighted by atomic mass is 127. The molecule has 4 rings (SSSR count). The van der Waals surface area contributed by atoms with Crippen LogP contribution in [0, 0.1) is 0 Å². The number of rotatable bonds is 5. The first-order valence-corrected chi connectivity index (χ1v) is 13.6. The topological polar surface area (TPSA) is 108 Å². The summed E-state index contributed by atoms with van der Waals surface area (Å²) in [6.45, 7) is 1.29. The number of hydrogen-bond acceptors (Lipinski definition) is 6. The third kappa shape index (κ3) is 4.92. The van der Waals surface area contributed by atoms with Gasteiger partial charge in [0.05, 0.1) is 10.6 Å². The van der Waals surface area contributed by atoms with Gasteiger partial charge in [-0.1, -0.05) is 0 Å². The normalized spacial score (nSPS) is 19.2. The first-order valence-electron chi connectivity index (χ1n) is 10.9. The molecule has 1 aromatic heterocycles. The van der Waals surface area contributed by atoms with Crippen LogP contribution < -0.4 is 4.90 Å². The number of anilines is 1. The van der Waals surface area contributed by atoms with Crippen molar-refractivity contribution >= 4 is 56.0 Å². The summed E-state index contributed by atoms with van der Waals surface area (Å²) in [7, 11) is -5.56. The number of nitrogens with zero attached hydrogens (tertiary/aromatic N) is 4. The minimum atomic E-state index is -5.56. The fourth-order valence-electron chi connectivity index (χ4n) is 4.00. The van der Waals surface area contributed by atoms with Crippen LogP contribution in [0.2, 0.25) is 0 Å². The van der Waals surface area contributed by atoms with Gasteiger partial charge in [-0.3, -0.25) is 19.5 Å². The van der Waals surface area contributed by atoms with Crippen molar-refractivity contribution in [3.05, 3.63) is 53.9 Å². The number of benzene rings is 1. The molecule has 2 aromatic rings. The van der Waals surface area contributed by atoms with Crippen LogP contribution in [0.3, 0.4) is 0 Å². The molecule has 1 atom stereocenters. The van der Waals surface area contributed by atoms with E-state index in [1.165, 1.54) is 11.1 Å². The van der Waals surface area contributed by atoms with Gasteiger partial charge in [-0.2, -0.15) is 13.2 Å². The summed E-state index contributed by atoms with van der Waals surface area (Å²) in [6, 6.07) is 5.80. The number of imide groups is 1. The van der Waals surface area contributed by atoms with E-state index in [2.05, 4.69) is 4.98 Å². The summed E-state index contributed by atoms with van der Waals surface area (Å²) >= 11 is 1.77. The first-order chi connectivity index (χ1) is 16.9. The lowest BCUT2D eigenvalue weighted by atomic mass is 10.1. The molecule has 0 N–H and O–H groups in total. The van der Waals surface area contributed by atoms with Gasteiger partial charge in [0.15, 0.2) is 4.05 Å². The van der Waals surface area contributed by atoms with Crippen LogP contribution >= 0.6 is 22.6 Å². The van der Waals surface area contributed by atoms with Gasteiger partial charge in [0.1, 0.15) is 5.69 Å². The number of carbonyl (C=O) groups is 3. The molecule has 0 bridgehead atoms. The Labute approximate surface area is 218 Å². The van der Waals surface area contributed by atoms with E-state index >= 15 is 0 Å². The third-order valence-corrected chi connectivity index (χ3v) is 8.59. The van der Waals surface area contributed by atoms with Crippen LogP contribution in [-0.4, -0.2) is 63.7 Å². The van der Waals surface area contributed by atoms with Gasteiger partial charge in [0.25, 0.3) is 21.7 Å². The van der Waals surface area contributed by atoms with E-state index in [-0.39, 0.29) is 23.8 Å². The van der Waals surface area contributed by atoms with Gasteiger partial charge in [0.2, 0.25) is 0 Å². The molecule has 192 valence electrons. The number of alkyl halides is 4. The maximum atomic E-state index is 13.1. The average molecular weight is 636 g/mol. The monoisotopic (exact) mass is 636 g/mol. The maximum absolute atomic E-state index is 13.1. The number of piperidine rings is 1. The highest BCUT2D eigenvalue weighted by Gasteiger charge is 2.48. The highest BCUT2D eigenvalue weighted by Crippen LogP contribution is 2.33. The molecule has 1 unspecified atom stereocenters. The van der Waals surface area contributed by atoms with E-state index in [1.807, 2.05) is 0 Å². The number of amides is 4. The van der Waals surface area contributed by atoms with E-state index in [1.54, 1.807) is 39.6 Å². The molecule has 1 aromatic carbocycles. The molecule has 2 saturated heterocycles. The second-order valence-corrected chi connectivity index (χ2v) is 11.4. The molecule has 36 heavy (non-hydrogen) atoms. The van der Waals surface area contributed by atoms with Crippen molar-refractivity contribution in [2.75, 3.05) is 18.0 Å². The van der Waals surface area contributed by atoms with Gasteiger partial charge < -0.3 is 4.90 Å². The molecule has 2 aliphatic heterocycles. The van der Waals surface area contributed by atoms with Crippen molar-refractivity contribution in [1.82, 2.24) is 14.8 Å². The van der Waals surface area contributed by atoms with Crippen molar-refractivity contribution in [3.8, 4) is 0 Å². The summed E-state index contributed by atoms with van der Waals surface area (Å²) in [5.74, 6) is -0.840. The van der Waals surface area contributed by atoms with Gasteiger partial charge in [0, 0.05) is 25.8 Å². The molecular formula is C22H20F3IN4O5S. The van der Waals surface area contributed by atoms with E-state index in [0.29, 0.717) is 30.8 Å². The van der Waals surface area contributed by atoms with Gasteiger partial charge >= 0.3 is 11.5 Å². The lowest BCUT2D eigenvalue weighted by molar-refractivity contribution is -0.117. The van der Waals surface area contributed by atoms with Crippen LogP contribution in [0.5, 0.6) is 0 Å². The molecule has 2 fully saturated rings. The lowest BCUT2D eigenvalue weighted by Gasteiger charge is -2.26.